The van der Waals surface area contributed by atoms with Gasteiger partial charge in [0.25, 0.3) is 0 Å². The number of benzene rings is 2. The quantitative estimate of drug-likeness (QED) is 0.176. The van der Waals surface area contributed by atoms with Gasteiger partial charge in [0.05, 0.1) is 0 Å². The Balaban J connectivity index is 1.75. The fraction of sp³-hybridized carbons (Fsp3) is 0.409. The van der Waals surface area contributed by atoms with E-state index in [1.807, 2.05) is 6.07 Å². The van der Waals surface area contributed by atoms with E-state index < -0.39 is 0 Å². The molecule has 4 heteroatoms. The van der Waals surface area contributed by atoms with Crippen LogP contribution in [0, 0.1) is 0 Å². The molecule has 0 spiro atoms. The fourth-order valence-electron chi connectivity index (χ4n) is 2.83. The molecule has 2 aromatic carbocycles. The molecular formula is C22H28INOV. The normalized spacial score (nSPS) is 12.1. The van der Waals surface area contributed by atoms with Crippen molar-refractivity contribution in [1.82, 2.24) is 4.90 Å². The number of unbranched alkanes of at least 4 members (excludes halogenated alkanes) is 1. The van der Waals surface area contributed by atoms with Crippen LogP contribution in [-0.4, -0.2) is 32.9 Å². The van der Waals surface area contributed by atoms with Crippen molar-refractivity contribution in [3.63, 3.8) is 0 Å². The standard InChI is InChI=1S/C22H28INO.V/c1-3-15-24(19(2)23)16-7-8-17-25-22-13-11-21(12-14-22)18-20-9-5-4-6-10-20;/h4-6,9-14,19H,3,7-8,15-17H2,1-2H3;/t19-;/m0./s1. The van der Waals surface area contributed by atoms with Crippen LogP contribution in [0.5, 0.6) is 5.75 Å². The molecule has 0 saturated heterocycles. The molecule has 139 valence electrons. The van der Waals surface area contributed by atoms with Crippen LogP contribution in [0.2, 0.25) is 0 Å². The van der Waals surface area contributed by atoms with Gasteiger partial charge >= 0.3 is 139 Å². The van der Waals surface area contributed by atoms with Gasteiger partial charge in [0.15, 0.2) is 0 Å². The first-order valence-corrected chi connectivity index (χ1v) is 11.3. The molecule has 0 heterocycles. The number of nitrogens with zero attached hydrogens (tertiary/aromatic N) is 1. The minimum Gasteiger partial charge on any atom is -0.0656 e. The third-order valence-corrected chi connectivity index (χ3v) is 5.89. The first kappa shape index (κ1) is 21.7. The van der Waals surface area contributed by atoms with Gasteiger partial charge in [-0.1, -0.05) is 29.5 Å². The first-order valence-electron chi connectivity index (χ1n) is 9.34. The molecule has 2 nitrogen and oxygen atoms in total. The van der Waals surface area contributed by atoms with Crippen LogP contribution in [-0.2, 0) is 17.0 Å². The third-order valence-electron chi connectivity index (χ3n) is 4.30. The molecule has 0 aliphatic rings. The molecule has 0 radical (unpaired) electrons. The molecule has 0 aromatic heterocycles. The number of hydrogen-bond acceptors (Lipinski definition) is 2. The number of hydrogen-bond donors (Lipinski definition) is 0. The van der Waals surface area contributed by atoms with Crippen molar-refractivity contribution < 1.29 is 21.7 Å². The molecule has 0 fully saturated rings. The van der Waals surface area contributed by atoms with Crippen LogP contribution >= 0.6 is 22.6 Å². The van der Waals surface area contributed by atoms with Gasteiger partial charge < -0.3 is 0 Å². The Morgan fingerprint density at radius 1 is 1.00 bits per heavy atom. The fourth-order valence-corrected chi connectivity index (χ4v) is 3.86. The van der Waals surface area contributed by atoms with Crippen LogP contribution in [0.15, 0.2) is 54.6 Å². The molecule has 0 amide bonds. The van der Waals surface area contributed by atoms with E-state index in [1.165, 1.54) is 34.7 Å². The predicted molar refractivity (Wildman–Crippen MR) is 116 cm³/mol. The van der Waals surface area contributed by atoms with Crippen molar-refractivity contribution >= 4 is 26.8 Å². The molecule has 2 rings (SSSR count). The Kier molecular flexibility index (Phi) is 9.98. The van der Waals surface area contributed by atoms with Crippen molar-refractivity contribution in [2.24, 2.45) is 0 Å². The zero-order valence-electron chi connectivity index (χ0n) is 15.7. The van der Waals surface area contributed by atoms with Gasteiger partial charge in [-0.05, 0) is 13.3 Å². The Bertz CT molecular complexity index is 658. The molecule has 0 aliphatic heterocycles. The summed E-state index contributed by atoms with van der Waals surface area (Å²) in [6, 6.07) is 18.9. The van der Waals surface area contributed by atoms with E-state index in [1.54, 1.807) is 0 Å². The number of ether oxygens (including phenoxy) is 1. The third kappa shape index (κ3) is 7.18. The zero-order valence-corrected chi connectivity index (χ0v) is 19.3. The topological polar surface area (TPSA) is 12.5 Å². The van der Waals surface area contributed by atoms with Gasteiger partial charge in [0.2, 0.25) is 0 Å². The summed E-state index contributed by atoms with van der Waals surface area (Å²) in [7, 11) is 0. The summed E-state index contributed by atoms with van der Waals surface area (Å²) >= 11 is 5.18. The molecule has 1 atom stereocenters. The second-order valence-electron chi connectivity index (χ2n) is 6.40. The van der Waals surface area contributed by atoms with Crippen molar-refractivity contribution in [3.05, 3.63) is 65.7 Å². The monoisotopic (exact) mass is 500 g/mol. The van der Waals surface area contributed by atoms with Crippen LogP contribution in [0.3, 0.4) is 0 Å². The van der Waals surface area contributed by atoms with E-state index in [-0.39, 0.29) is 0 Å². The van der Waals surface area contributed by atoms with E-state index in [2.05, 4.69) is 107 Å². The molecule has 0 bridgehead atoms. The number of halogens is 1. The van der Waals surface area contributed by atoms with Gasteiger partial charge in [0, 0.05) is 0 Å². The van der Waals surface area contributed by atoms with E-state index in [9.17, 15) is 0 Å². The van der Waals surface area contributed by atoms with Gasteiger partial charge in [-0.2, -0.15) is 0 Å². The van der Waals surface area contributed by atoms with Crippen molar-refractivity contribution in [2.45, 2.75) is 37.2 Å². The summed E-state index contributed by atoms with van der Waals surface area (Å²) in [5.74, 6) is 0.954. The Morgan fingerprint density at radius 2 is 1.65 bits per heavy atom. The minimum absolute atomic E-state index is 0.600. The summed E-state index contributed by atoms with van der Waals surface area (Å²) in [5, 5.41) is 0. The predicted octanol–water partition coefficient (Wildman–Crippen LogP) is 5.45. The van der Waals surface area contributed by atoms with Crippen molar-refractivity contribution in [1.29, 1.82) is 0 Å². The molecule has 0 N–H and O–H groups in total. The van der Waals surface area contributed by atoms with Crippen LogP contribution < -0.4 is 4.74 Å². The van der Waals surface area contributed by atoms with Gasteiger partial charge in [-0.25, -0.2) is 0 Å². The van der Waals surface area contributed by atoms with Crippen molar-refractivity contribution in [3.8, 4) is 5.75 Å². The summed E-state index contributed by atoms with van der Waals surface area (Å²) in [6.07, 6.45) is 3.50. The molecule has 0 aliphatic carbocycles. The molecular weight excluding hydrogens is 472 g/mol. The maximum atomic E-state index is 5.91. The summed E-state index contributed by atoms with van der Waals surface area (Å²) in [6.45, 7) is 7.63. The first-order chi connectivity index (χ1) is 12.6. The Labute approximate surface area is 181 Å². The number of rotatable bonds is 11. The Hall–Kier alpha value is -0.616. The zero-order chi connectivity index (χ0) is 18.8. The van der Waals surface area contributed by atoms with E-state index in [4.69, 9.17) is 4.74 Å². The molecule has 26 heavy (non-hydrogen) atoms. The Morgan fingerprint density at radius 3 is 2.27 bits per heavy atom. The maximum absolute atomic E-state index is 5.91. The molecule has 2 aromatic rings. The van der Waals surface area contributed by atoms with Crippen molar-refractivity contribution in [2.75, 3.05) is 19.7 Å². The van der Waals surface area contributed by atoms with Gasteiger partial charge in [-0.3, -0.25) is 0 Å². The smallest absolute Gasteiger partial charge is 0.0656 e. The van der Waals surface area contributed by atoms with E-state index in [0.29, 0.717) is 4.05 Å². The summed E-state index contributed by atoms with van der Waals surface area (Å²) in [5.41, 5.74) is 2.46. The van der Waals surface area contributed by atoms with Crippen LogP contribution in [0.25, 0.3) is 0 Å². The summed E-state index contributed by atoms with van der Waals surface area (Å²) < 4.78 is 7.74. The molecule has 0 unspecified atom stereocenters. The SMILES string of the molecule is CCCN(CCCCOc1ccc([C](=[V])c2ccccc2)cc1)[C@@H](C)I. The van der Waals surface area contributed by atoms with Crippen LogP contribution in [0.4, 0.5) is 0 Å². The summed E-state index contributed by atoms with van der Waals surface area (Å²) in [4.78, 5) is 2.54. The van der Waals surface area contributed by atoms with Gasteiger partial charge in [-0.15, -0.1) is 0 Å². The van der Waals surface area contributed by atoms with Gasteiger partial charge in [0.1, 0.15) is 0 Å². The van der Waals surface area contributed by atoms with E-state index in [0.717, 1.165) is 25.3 Å². The average Bonchev–Trinajstić information content (AvgIpc) is 2.67. The average molecular weight is 500 g/mol. The second-order valence-corrected chi connectivity index (χ2v) is 8.91. The van der Waals surface area contributed by atoms with Crippen LogP contribution in [0.1, 0.15) is 44.2 Å². The minimum atomic E-state index is 0.600. The molecule has 0 saturated carbocycles. The number of alkyl halides is 1. The second kappa shape index (κ2) is 12.0. The van der Waals surface area contributed by atoms with E-state index >= 15 is 0 Å².